The molecule has 23 heavy (non-hydrogen) atoms. The van der Waals surface area contributed by atoms with Gasteiger partial charge >= 0.3 is 0 Å². The molecule has 0 saturated heterocycles. The second-order valence-electron chi connectivity index (χ2n) is 5.65. The summed E-state index contributed by atoms with van der Waals surface area (Å²) in [5, 5.41) is 7.26. The Bertz CT molecular complexity index is 668. The highest BCUT2D eigenvalue weighted by Gasteiger charge is 2.13. The summed E-state index contributed by atoms with van der Waals surface area (Å²) >= 11 is 5.46. The van der Waals surface area contributed by atoms with Crippen LogP contribution in [0.2, 0.25) is 0 Å². The van der Waals surface area contributed by atoms with E-state index < -0.39 is 0 Å². The van der Waals surface area contributed by atoms with E-state index in [9.17, 15) is 0 Å². The predicted octanol–water partition coefficient (Wildman–Crippen LogP) is 4.75. The first-order valence-electron chi connectivity index (χ1n) is 7.82. The fraction of sp³-hybridized carbons (Fsp3) is 0.316. The largest absolute Gasteiger partial charge is 0.497 e. The predicted molar refractivity (Wildman–Crippen MR) is 101 cm³/mol. The SMILES string of the molecule is CC[C@@H](NC(=S)Nc1ccc(OC)cc1)c1ccc(C)cc1C. The monoisotopic (exact) mass is 328 g/mol. The molecule has 0 heterocycles. The van der Waals surface area contributed by atoms with E-state index in [1.165, 1.54) is 16.7 Å². The van der Waals surface area contributed by atoms with Crippen LogP contribution in [-0.2, 0) is 0 Å². The maximum atomic E-state index is 5.46. The summed E-state index contributed by atoms with van der Waals surface area (Å²) in [5.74, 6) is 0.830. The van der Waals surface area contributed by atoms with Gasteiger partial charge in [0.05, 0.1) is 13.2 Å². The van der Waals surface area contributed by atoms with Gasteiger partial charge in [0, 0.05) is 5.69 Å². The number of nitrogens with one attached hydrogen (secondary N) is 2. The van der Waals surface area contributed by atoms with Gasteiger partial charge in [0.2, 0.25) is 0 Å². The van der Waals surface area contributed by atoms with Gasteiger partial charge < -0.3 is 15.4 Å². The standard InChI is InChI=1S/C19H24N2OS/c1-5-18(17-11-6-13(2)12-14(17)3)21-19(23)20-15-7-9-16(22-4)10-8-15/h6-12,18H,5H2,1-4H3,(H2,20,21,23)/t18-/m1/s1. The van der Waals surface area contributed by atoms with Crippen molar-refractivity contribution in [2.75, 3.05) is 12.4 Å². The molecule has 0 aliphatic carbocycles. The summed E-state index contributed by atoms with van der Waals surface area (Å²) in [4.78, 5) is 0. The molecule has 0 radical (unpaired) electrons. The Morgan fingerprint density at radius 3 is 2.39 bits per heavy atom. The van der Waals surface area contributed by atoms with Crippen molar-refractivity contribution in [2.45, 2.75) is 33.2 Å². The minimum atomic E-state index is 0.203. The van der Waals surface area contributed by atoms with Crippen molar-refractivity contribution in [2.24, 2.45) is 0 Å². The summed E-state index contributed by atoms with van der Waals surface area (Å²) in [7, 11) is 1.66. The smallest absolute Gasteiger partial charge is 0.171 e. The number of hydrogen-bond acceptors (Lipinski definition) is 2. The molecule has 2 aromatic rings. The van der Waals surface area contributed by atoms with E-state index in [-0.39, 0.29) is 6.04 Å². The van der Waals surface area contributed by atoms with Gasteiger partial charge in [-0.2, -0.15) is 0 Å². The van der Waals surface area contributed by atoms with Crippen molar-refractivity contribution in [3.05, 3.63) is 59.2 Å². The van der Waals surface area contributed by atoms with E-state index in [0.29, 0.717) is 5.11 Å². The van der Waals surface area contributed by atoms with Gasteiger partial charge in [0.15, 0.2) is 5.11 Å². The molecule has 0 aliphatic rings. The number of benzene rings is 2. The first-order valence-corrected chi connectivity index (χ1v) is 8.23. The van der Waals surface area contributed by atoms with Crippen LogP contribution >= 0.6 is 12.2 Å². The number of rotatable bonds is 5. The molecule has 3 nitrogen and oxygen atoms in total. The minimum Gasteiger partial charge on any atom is -0.497 e. The maximum Gasteiger partial charge on any atom is 0.171 e. The molecule has 4 heteroatoms. The molecule has 0 saturated carbocycles. The van der Waals surface area contributed by atoms with Crippen LogP contribution in [0.3, 0.4) is 0 Å². The highest BCUT2D eigenvalue weighted by atomic mass is 32.1. The molecule has 0 aromatic heterocycles. The van der Waals surface area contributed by atoms with E-state index in [2.05, 4.69) is 49.6 Å². The quantitative estimate of drug-likeness (QED) is 0.776. The number of thiocarbonyl (C=S) groups is 1. The van der Waals surface area contributed by atoms with Crippen LogP contribution in [0.5, 0.6) is 5.75 Å². The van der Waals surface area contributed by atoms with Crippen LogP contribution in [0.1, 0.15) is 36.1 Å². The van der Waals surface area contributed by atoms with Gasteiger partial charge in [-0.15, -0.1) is 0 Å². The van der Waals surface area contributed by atoms with Crippen molar-refractivity contribution in [3.63, 3.8) is 0 Å². The molecule has 2 rings (SSSR count). The Kier molecular flexibility index (Phi) is 5.99. The molecule has 2 aromatic carbocycles. The van der Waals surface area contributed by atoms with Crippen LogP contribution in [0.4, 0.5) is 5.69 Å². The first kappa shape index (κ1) is 17.3. The summed E-state index contributed by atoms with van der Waals surface area (Å²) < 4.78 is 5.16. The summed E-state index contributed by atoms with van der Waals surface area (Å²) in [6.45, 7) is 6.42. The van der Waals surface area contributed by atoms with Gasteiger partial charge in [-0.3, -0.25) is 0 Å². The highest BCUT2D eigenvalue weighted by molar-refractivity contribution is 7.80. The van der Waals surface area contributed by atoms with Crippen molar-refractivity contribution >= 4 is 23.0 Å². The van der Waals surface area contributed by atoms with Crippen molar-refractivity contribution in [3.8, 4) is 5.75 Å². The van der Waals surface area contributed by atoms with Crippen molar-refractivity contribution in [1.82, 2.24) is 5.32 Å². The molecule has 2 N–H and O–H groups in total. The lowest BCUT2D eigenvalue weighted by Gasteiger charge is -2.22. The van der Waals surface area contributed by atoms with E-state index in [4.69, 9.17) is 17.0 Å². The van der Waals surface area contributed by atoms with Crippen LogP contribution in [0, 0.1) is 13.8 Å². The maximum absolute atomic E-state index is 5.46. The lowest BCUT2D eigenvalue weighted by molar-refractivity contribution is 0.415. The number of aryl methyl sites for hydroxylation is 2. The fourth-order valence-corrected chi connectivity index (χ4v) is 2.88. The Labute approximate surface area is 144 Å². The number of ether oxygens (including phenoxy) is 1. The van der Waals surface area contributed by atoms with Gasteiger partial charge in [-0.05, 0) is 67.9 Å². The Morgan fingerprint density at radius 2 is 1.83 bits per heavy atom. The minimum absolute atomic E-state index is 0.203. The fourth-order valence-electron chi connectivity index (χ4n) is 2.62. The van der Waals surface area contributed by atoms with Gasteiger partial charge in [0.25, 0.3) is 0 Å². The van der Waals surface area contributed by atoms with Crippen LogP contribution < -0.4 is 15.4 Å². The third-order valence-corrected chi connectivity index (χ3v) is 4.08. The molecule has 122 valence electrons. The third kappa shape index (κ3) is 4.70. The van der Waals surface area contributed by atoms with Gasteiger partial charge in [-0.1, -0.05) is 30.7 Å². The lowest BCUT2D eigenvalue weighted by atomic mass is 9.98. The van der Waals surface area contributed by atoms with E-state index in [0.717, 1.165) is 17.9 Å². The summed E-state index contributed by atoms with van der Waals surface area (Å²) in [6.07, 6.45) is 0.967. The first-order chi connectivity index (χ1) is 11.0. The average Bonchev–Trinajstić information content (AvgIpc) is 2.54. The zero-order chi connectivity index (χ0) is 16.8. The highest BCUT2D eigenvalue weighted by Crippen LogP contribution is 2.22. The van der Waals surface area contributed by atoms with Gasteiger partial charge in [-0.25, -0.2) is 0 Å². The normalized spacial score (nSPS) is 11.7. The summed E-state index contributed by atoms with van der Waals surface area (Å²) in [5.41, 5.74) is 4.80. The Hall–Kier alpha value is -2.07. The number of anilines is 1. The van der Waals surface area contributed by atoms with Crippen molar-refractivity contribution < 1.29 is 4.74 Å². The Balaban J connectivity index is 2.04. The van der Waals surface area contributed by atoms with Crippen LogP contribution in [0.15, 0.2) is 42.5 Å². The average molecular weight is 328 g/mol. The number of methoxy groups -OCH3 is 1. The molecule has 1 atom stereocenters. The van der Waals surface area contributed by atoms with Crippen molar-refractivity contribution in [1.29, 1.82) is 0 Å². The van der Waals surface area contributed by atoms with Crippen LogP contribution in [-0.4, -0.2) is 12.2 Å². The van der Waals surface area contributed by atoms with E-state index >= 15 is 0 Å². The molecule has 0 unspecified atom stereocenters. The lowest BCUT2D eigenvalue weighted by Crippen LogP contribution is -2.32. The van der Waals surface area contributed by atoms with Crippen LogP contribution in [0.25, 0.3) is 0 Å². The second kappa shape index (κ2) is 7.97. The summed E-state index contributed by atoms with van der Waals surface area (Å²) in [6, 6.07) is 14.5. The molecular weight excluding hydrogens is 304 g/mol. The second-order valence-corrected chi connectivity index (χ2v) is 6.06. The Morgan fingerprint density at radius 1 is 1.13 bits per heavy atom. The molecule has 0 fully saturated rings. The molecular formula is C19H24N2OS. The van der Waals surface area contributed by atoms with E-state index in [1.807, 2.05) is 24.3 Å². The molecule has 0 aliphatic heterocycles. The van der Waals surface area contributed by atoms with E-state index in [1.54, 1.807) is 7.11 Å². The zero-order valence-corrected chi connectivity index (χ0v) is 15.0. The number of hydrogen-bond donors (Lipinski definition) is 2. The zero-order valence-electron chi connectivity index (χ0n) is 14.1. The topological polar surface area (TPSA) is 33.3 Å². The molecule has 0 spiro atoms. The molecule has 0 amide bonds. The third-order valence-electron chi connectivity index (χ3n) is 3.86. The molecule has 0 bridgehead atoms. The van der Waals surface area contributed by atoms with Gasteiger partial charge in [0.1, 0.15) is 5.75 Å².